The third-order valence-corrected chi connectivity index (χ3v) is 6.55. The molecule has 0 saturated carbocycles. The molecular weight excluding hydrogens is 552 g/mol. The Morgan fingerprint density at radius 2 is 0.860 bits per heavy atom. The van der Waals surface area contributed by atoms with Crippen LogP contribution in [0.1, 0.15) is 41.4 Å². The van der Waals surface area contributed by atoms with Crippen LogP contribution in [0, 0.1) is 6.61 Å². The fourth-order valence-corrected chi connectivity index (χ4v) is 4.35. The first-order chi connectivity index (χ1) is 21.0. The third-order valence-electron chi connectivity index (χ3n) is 6.55. The Labute approximate surface area is 247 Å². The van der Waals surface area contributed by atoms with Gasteiger partial charge in [-0.25, -0.2) is 19.2 Å². The lowest BCUT2D eigenvalue weighted by molar-refractivity contribution is -0.174. The quantitative estimate of drug-likeness (QED) is 0.198. The number of hydrogen-bond acceptors (Lipinski definition) is 9. The van der Waals surface area contributed by atoms with E-state index >= 15 is 0 Å². The minimum absolute atomic E-state index is 0.224. The van der Waals surface area contributed by atoms with Gasteiger partial charge in [-0.2, -0.15) is 0 Å². The average molecular weight is 580 g/mol. The van der Waals surface area contributed by atoms with E-state index in [-0.39, 0.29) is 23.3 Å². The topological polar surface area (TPSA) is 114 Å². The highest BCUT2D eigenvalue weighted by Crippen LogP contribution is 2.29. The second kappa shape index (κ2) is 14.1. The SMILES string of the molecule is O=C(OC[C@H]1O[CH][C@H](OC(=O)c2ccccc2)[C@@H](OC(=O)c2ccccc2)[C@@H]1OC(=O)c1ccccc1)c1ccccc1. The van der Waals surface area contributed by atoms with Crippen molar-refractivity contribution in [1.29, 1.82) is 0 Å². The van der Waals surface area contributed by atoms with Crippen molar-refractivity contribution < 1.29 is 42.9 Å². The van der Waals surface area contributed by atoms with E-state index in [1.54, 1.807) is 121 Å². The van der Waals surface area contributed by atoms with Gasteiger partial charge >= 0.3 is 23.9 Å². The number of carbonyl (C=O) groups excluding carboxylic acids is 4. The molecule has 1 aliphatic heterocycles. The molecule has 43 heavy (non-hydrogen) atoms. The number of hydrogen-bond donors (Lipinski definition) is 0. The van der Waals surface area contributed by atoms with Gasteiger partial charge in [0.15, 0.2) is 18.3 Å². The van der Waals surface area contributed by atoms with Crippen LogP contribution in [-0.4, -0.2) is 54.9 Å². The zero-order chi connectivity index (χ0) is 30.0. The number of ether oxygens (including phenoxy) is 5. The van der Waals surface area contributed by atoms with Gasteiger partial charge in [-0.15, -0.1) is 0 Å². The lowest BCUT2D eigenvalue weighted by atomic mass is 9.99. The summed E-state index contributed by atoms with van der Waals surface area (Å²) in [7, 11) is 0. The Hall–Kier alpha value is -5.28. The lowest BCUT2D eigenvalue weighted by Crippen LogP contribution is -2.57. The van der Waals surface area contributed by atoms with E-state index in [0.29, 0.717) is 5.56 Å². The molecule has 1 radical (unpaired) electrons. The molecule has 4 aromatic rings. The molecule has 0 bridgehead atoms. The Morgan fingerprint density at radius 1 is 0.488 bits per heavy atom. The number of benzene rings is 4. The Bertz CT molecular complexity index is 1530. The fraction of sp³-hybridized carbons (Fsp3) is 0.147. The lowest BCUT2D eigenvalue weighted by Gasteiger charge is -2.40. The second-order valence-corrected chi connectivity index (χ2v) is 9.48. The highest BCUT2D eigenvalue weighted by atomic mass is 16.7. The van der Waals surface area contributed by atoms with E-state index in [1.807, 2.05) is 0 Å². The Balaban J connectivity index is 1.44. The van der Waals surface area contributed by atoms with Crippen molar-refractivity contribution in [2.75, 3.05) is 6.61 Å². The molecule has 0 N–H and O–H groups in total. The fourth-order valence-electron chi connectivity index (χ4n) is 4.35. The maximum Gasteiger partial charge on any atom is 0.338 e. The summed E-state index contributed by atoms with van der Waals surface area (Å²) in [6.07, 6.45) is -5.10. The van der Waals surface area contributed by atoms with Crippen LogP contribution in [0.3, 0.4) is 0 Å². The molecule has 4 aromatic carbocycles. The van der Waals surface area contributed by atoms with Crippen molar-refractivity contribution in [3.8, 4) is 0 Å². The summed E-state index contributed by atoms with van der Waals surface area (Å²) in [6, 6.07) is 32.9. The van der Waals surface area contributed by atoms with Crippen LogP contribution in [0.2, 0.25) is 0 Å². The number of rotatable bonds is 9. The summed E-state index contributed by atoms with van der Waals surface area (Å²) in [5.74, 6) is -2.84. The number of esters is 4. The minimum Gasteiger partial charge on any atom is -0.459 e. The average Bonchev–Trinajstić information content (AvgIpc) is 3.07. The van der Waals surface area contributed by atoms with Gasteiger partial charge in [0.05, 0.1) is 22.3 Å². The molecule has 217 valence electrons. The molecule has 1 heterocycles. The highest BCUT2D eigenvalue weighted by molar-refractivity contribution is 5.91. The molecule has 1 aliphatic rings. The molecule has 0 aliphatic carbocycles. The first kappa shape index (κ1) is 29.2. The predicted molar refractivity (Wildman–Crippen MR) is 153 cm³/mol. The van der Waals surface area contributed by atoms with Gasteiger partial charge in [-0.3, -0.25) is 0 Å². The molecule has 1 fully saturated rings. The zero-order valence-electron chi connectivity index (χ0n) is 22.8. The molecule has 0 amide bonds. The summed E-state index contributed by atoms with van der Waals surface area (Å²) in [4.78, 5) is 52.2. The highest BCUT2D eigenvalue weighted by Gasteiger charge is 2.48. The first-order valence-electron chi connectivity index (χ1n) is 13.5. The Kier molecular flexibility index (Phi) is 9.56. The van der Waals surface area contributed by atoms with Crippen molar-refractivity contribution in [1.82, 2.24) is 0 Å². The zero-order valence-corrected chi connectivity index (χ0v) is 22.8. The van der Waals surface area contributed by atoms with Crippen LogP contribution in [-0.2, 0) is 23.7 Å². The van der Waals surface area contributed by atoms with Gasteiger partial charge in [0.2, 0.25) is 0 Å². The van der Waals surface area contributed by atoms with Crippen LogP contribution in [0.4, 0.5) is 0 Å². The van der Waals surface area contributed by atoms with Crippen molar-refractivity contribution in [2.24, 2.45) is 0 Å². The van der Waals surface area contributed by atoms with Gasteiger partial charge < -0.3 is 23.7 Å². The van der Waals surface area contributed by atoms with Crippen molar-refractivity contribution in [3.05, 3.63) is 150 Å². The number of carbonyl (C=O) groups is 4. The smallest absolute Gasteiger partial charge is 0.338 e. The molecule has 0 spiro atoms. The molecule has 1 saturated heterocycles. The molecule has 9 nitrogen and oxygen atoms in total. The molecule has 9 heteroatoms. The molecular formula is C34H27O9. The molecule has 5 rings (SSSR count). The van der Waals surface area contributed by atoms with Gasteiger partial charge in [-0.1, -0.05) is 72.8 Å². The van der Waals surface area contributed by atoms with E-state index < -0.39 is 48.3 Å². The van der Waals surface area contributed by atoms with Crippen molar-refractivity contribution in [3.63, 3.8) is 0 Å². The standard InChI is InChI=1S/C34H27O9/c35-31(23-13-5-1-6-14-23)40-21-27-29(42-33(37)25-17-9-3-10-18-25)30(43-34(38)26-19-11-4-12-20-26)28(22-39-27)41-32(36)24-15-7-2-8-16-24/h1-20,22,27-30H,21H2/t27-,28+,29-,30-/m1/s1. The summed E-state index contributed by atoms with van der Waals surface area (Å²) in [5.41, 5.74) is 1.01. The predicted octanol–water partition coefficient (Wildman–Crippen LogP) is 5.08. The maximum absolute atomic E-state index is 13.2. The Morgan fingerprint density at radius 3 is 1.30 bits per heavy atom. The minimum atomic E-state index is -1.36. The van der Waals surface area contributed by atoms with E-state index in [0.717, 1.165) is 0 Å². The van der Waals surface area contributed by atoms with Gasteiger partial charge in [0.1, 0.15) is 19.3 Å². The van der Waals surface area contributed by atoms with E-state index in [9.17, 15) is 19.2 Å². The summed E-state index contributed by atoms with van der Waals surface area (Å²) < 4.78 is 28.7. The van der Waals surface area contributed by atoms with Crippen molar-refractivity contribution >= 4 is 23.9 Å². The largest absolute Gasteiger partial charge is 0.459 e. The van der Waals surface area contributed by atoms with Crippen LogP contribution in [0.5, 0.6) is 0 Å². The summed E-state index contributed by atoms with van der Waals surface area (Å²) in [5, 5.41) is 0. The normalized spacial score (nSPS) is 19.4. The summed E-state index contributed by atoms with van der Waals surface area (Å²) >= 11 is 0. The third kappa shape index (κ3) is 7.52. The van der Waals surface area contributed by atoms with Crippen LogP contribution < -0.4 is 0 Å². The maximum atomic E-state index is 13.2. The second-order valence-electron chi connectivity index (χ2n) is 9.48. The van der Waals surface area contributed by atoms with Crippen LogP contribution in [0.25, 0.3) is 0 Å². The van der Waals surface area contributed by atoms with Gasteiger partial charge in [-0.05, 0) is 48.5 Å². The van der Waals surface area contributed by atoms with E-state index in [4.69, 9.17) is 23.7 Å². The molecule has 4 atom stereocenters. The van der Waals surface area contributed by atoms with Gasteiger partial charge in [0, 0.05) is 0 Å². The van der Waals surface area contributed by atoms with E-state index in [2.05, 4.69) is 0 Å². The molecule has 0 aromatic heterocycles. The van der Waals surface area contributed by atoms with Gasteiger partial charge in [0.25, 0.3) is 0 Å². The van der Waals surface area contributed by atoms with Crippen molar-refractivity contribution in [2.45, 2.75) is 24.4 Å². The monoisotopic (exact) mass is 579 g/mol. The van der Waals surface area contributed by atoms with E-state index in [1.165, 1.54) is 6.61 Å². The first-order valence-corrected chi connectivity index (χ1v) is 13.5. The molecule has 0 unspecified atom stereocenters. The van der Waals surface area contributed by atoms with Crippen LogP contribution in [0.15, 0.2) is 121 Å². The summed E-state index contributed by atoms with van der Waals surface area (Å²) in [6.45, 7) is 0.813. The van der Waals surface area contributed by atoms with Crippen LogP contribution >= 0.6 is 0 Å².